The van der Waals surface area contributed by atoms with E-state index in [2.05, 4.69) is 4.99 Å². The van der Waals surface area contributed by atoms with Crippen LogP contribution in [0.1, 0.15) is 62.1 Å². The van der Waals surface area contributed by atoms with E-state index < -0.39 is 17.9 Å². The molecule has 184 valence electrons. The van der Waals surface area contributed by atoms with E-state index in [1.807, 2.05) is 36.9 Å². The number of hydrogen-bond donors (Lipinski definition) is 1. The van der Waals surface area contributed by atoms with Gasteiger partial charge in [-0.3, -0.25) is 19.5 Å². The molecule has 1 atom stereocenters. The van der Waals surface area contributed by atoms with Crippen LogP contribution >= 0.6 is 0 Å². The van der Waals surface area contributed by atoms with Gasteiger partial charge in [0.05, 0.1) is 11.4 Å². The van der Waals surface area contributed by atoms with E-state index in [4.69, 9.17) is 5.73 Å². The zero-order valence-electron chi connectivity index (χ0n) is 20.4. The summed E-state index contributed by atoms with van der Waals surface area (Å²) in [5.74, 6) is 0.195. The van der Waals surface area contributed by atoms with Gasteiger partial charge >= 0.3 is 0 Å². The summed E-state index contributed by atoms with van der Waals surface area (Å²) in [6.45, 7) is 5.48. The molecule has 3 heterocycles. The van der Waals surface area contributed by atoms with Gasteiger partial charge in [-0.05, 0) is 61.1 Å². The average molecular weight is 477 g/mol. The molecule has 2 aromatic carbocycles. The third-order valence-electron chi connectivity index (χ3n) is 7.70. The fourth-order valence-corrected chi connectivity index (χ4v) is 5.81. The summed E-state index contributed by atoms with van der Waals surface area (Å²) in [6.07, 6.45) is 3.44. The van der Waals surface area contributed by atoms with E-state index >= 15 is 0 Å². The molecule has 2 N–H and O–H groups in total. The number of rotatable bonds is 4. The van der Waals surface area contributed by atoms with E-state index in [0.29, 0.717) is 28.8 Å². The van der Waals surface area contributed by atoms with Crippen LogP contribution in [0.5, 0.6) is 0 Å². The summed E-state index contributed by atoms with van der Waals surface area (Å²) in [7, 11) is 0. The number of aliphatic imine (C=N–C) groups is 1. The Hall–Kier alpha value is -3.06. The first-order chi connectivity index (χ1) is 16.8. The Balaban J connectivity index is 1.58. The summed E-state index contributed by atoms with van der Waals surface area (Å²) in [6, 6.07) is 12.0. The zero-order chi connectivity index (χ0) is 24.7. The lowest BCUT2D eigenvalue weighted by Crippen LogP contribution is -2.49. The van der Waals surface area contributed by atoms with Crippen molar-refractivity contribution in [2.75, 3.05) is 24.5 Å². The van der Waals surface area contributed by atoms with Crippen molar-refractivity contribution in [3.8, 4) is 0 Å². The van der Waals surface area contributed by atoms with Gasteiger partial charge in [0, 0.05) is 24.2 Å². The number of fused-ring (bicyclic) bond motifs is 5. The maximum Gasteiger partial charge on any atom is 0.266 e. The van der Waals surface area contributed by atoms with Gasteiger partial charge in [-0.15, -0.1) is 0 Å². The number of para-hydroxylation sites is 1. The second-order valence-corrected chi connectivity index (χ2v) is 10.4. The highest BCUT2D eigenvalue weighted by molar-refractivity contribution is 6.21. The predicted molar refractivity (Wildman–Crippen MR) is 135 cm³/mol. The fraction of sp³-hybridized carbons (Fsp3) is 0.464. The van der Waals surface area contributed by atoms with Crippen molar-refractivity contribution in [1.82, 2.24) is 4.90 Å². The van der Waals surface area contributed by atoms with Gasteiger partial charge < -0.3 is 10.6 Å². The molecule has 4 aliphatic rings. The van der Waals surface area contributed by atoms with Crippen LogP contribution < -0.4 is 10.6 Å². The minimum Gasteiger partial charge on any atom is -0.341 e. The van der Waals surface area contributed by atoms with Crippen LogP contribution in [0.15, 0.2) is 47.5 Å². The van der Waals surface area contributed by atoms with Gasteiger partial charge in [0.15, 0.2) is 6.17 Å². The molecular formula is C28H33FN4O2. The van der Waals surface area contributed by atoms with Gasteiger partial charge in [-0.25, -0.2) is 4.39 Å². The second-order valence-electron chi connectivity index (χ2n) is 10.4. The highest BCUT2D eigenvalue weighted by Gasteiger charge is 2.37. The number of carbonyl (C=O) groups is 2. The average Bonchev–Trinajstić information content (AvgIpc) is 3.23. The molecular weight excluding hydrogens is 443 g/mol. The smallest absolute Gasteiger partial charge is 0.266 e. The number of benzodiazepines with no additional fused rings is 1. The number of halogens is 1. The van der Waals surface area contributed by atoms with Crippen LogP contribution in [-0.4, -0.2) is 48.2 Å². The van der Waals surface area contributed by atoms with Crippen LogP contribution in [0, 0.1) is 17.7 Å². The van der Waals surface area contributed by atoms with Gasteiger partial charge in [-0.1, -0.05) is 44.2 Å². The SMILES string of the molecule is CC(C)c1cccc2c1N(CC(=O)N1CC3CCC(CC3)C1)C(=O)C(N)N=C2c1ccccc1F. The van der Waals surface area contributed by atoms with E-state index in [9.17, 15) is 14.0 Å². The standard InChI is InChI=1S/C28H33FN4O2/c1-17(2)20-7-5-8-22-25(21-6-3-4-9-23(21)29)31-27(30)28(35)33(26(20)22)16-24(34)32-14-18-10-11-19(15-32)13-12-18/h3-9,17-19,27H,10-16,30H2,1-2H3. The first kappa shape index (κ1) is 23.7. The van der Waals surface area contributed by atoms with Crippen molar-refractivity contribution < 1.29 is 14.0 Å². The number of nitrogens with zero attached hydrogens (tertiary/aromatic N) is 3. The van der Waals surface area contributed by atoms with E-state index in [0.717, 1.165) is 18.7 Å². The molecule has 2 aromatic rings. The zero-order valence-corrected chi connectivity index (χ0v) is 20.4. The van der Waals surface area contributed by atoms with Crippen LogP contribution in [0.2, 0.25) is 0 Å². The summed E-state index contributed by atoms with van der Waals surface area (Å²) in [4.78, 5) is 35.1. The Kier molecular flexibility index (Phi) is 6.45. The highest BCUT2D eigenvalue weighted by Crippen LogP contribution is 2.37. The number of hydrogen-bond acceptors (Lipinski definition) is 4. The van der Waals surface area contributed by atoms with Gasteiger partial charge in [0.1, 0.15) is 12.4 Å². The molecule has 2 saturated heterocycles. The lowest BCUT2D eigenvalue weighted by molar-refractivity contribution is -0.132. The Labute approximate surface area is 206 Å². The number of amides is 2. The molecule has 3 aliphatic heterocycles. The quantitative estimate of drug-likeness (QED) is 0.723. The Bertz CT molecular complexity index is 1160. The minimum absolute atomic E-state index is 0.0665. The Morgan fingerprint density at radius 1 is 1.03 bits per heavy atom. The number of anilines is 1. The van der Waals surface area contributed by atoms with Crippen LogP contribution in [-0.2, 0) is 9.59 Å². The molecule has 3 fully saturated rings. The van der Waals surface area contributed by atoms with Crippen molar-refractivity contribution in [2.24, 2.45) is 22.6 Å². The van der Waals surface area contributed by atoms with Crippen molar-refractivity contribution in [1.29, 1.82) is 0 Å². The molecule has 0 aromatic heterocycles. The van der Waals surface area contributed by atoms with E-state index in [1.165, 1.54) is 36.6 Å². The van der Waals surface area contributed by atoms with Crippen LogP contribution in [0.25, 0.3) is 0 Å². The number of benzene rings is 2. The molecule has 6 rings (SSSR count). The van der Waals surface area contributed by atoms with Crippen LogP contribution in [0.4, 0.5) is 10.1 Å². The molecule has 2 bridgehead atoms. The van der Waals surface area contributed by atoms with E-state index in [-0.39, 0.29) is 23.9 Å². The lowest BCUT2D eigenvalue weighted by Gasteiger charge is -2.30. The normalized spacial score (nSPS) is 24.2. The molecule has 2 amide bonds. The molecule has 6 nitrogen and oxygen atoms in total. The molecule has 1 saturated carbocycles. The number of carbonyl (C=O) groups excluding carboxylic acids is 2. The minimum atomic E-state index is -1.23. The largest absolute Gasteiger partial charge is 0.341 e. The predicted octanol–water partition coefficient (Wildman–Crippen LogP) is 4.07. The molecule has 7 heteroatoms. The first-order valence-corrected chi connectivity index (χ1v) is 12.6. The van der Waals surface area contributed by atoms with E-state index in [1.54, 1.807) is 18.2 Å². The topological polar surface area (TPSA) is 79.0 Å². The van der Waals surface area contributed by atoms with Crippen molar-refractivity contribution >= 4 is 23.2 Å². The molecule has 1 unspecified atom stereocenters. The third-order valence-corrected chi connectivity index (χ3v) is 7.70. The molecule has 0 radical (unpaired) electrons. The molecule has 35 heavy (non-hydrogen) atoms. The maximum atomic E-state index is 14.9. The highest BCUT2D eigenvalue weighted by atomic mass is 19.1. The molecule has 1 aliphatic carbocycles. The Morgan fingerprint density at radius 3 is 2.29 bits per heavy atom. The van der Waals surface area contributed by atoms with Crippen molar-refractivity contribution in [3.63, 3.8) is 0 Å². The first-order valence-electron chi connectivity index (χ1n) is 12.6. The van der Waals surface area contributed by atoms with Crippen molar-refractivity contribution in [3.05, 3.63) is 65.0 Å². The summed E-state index contributed by atoms with van der Waals surface area (Å²) < 4.78 is 14.9. The van der Waals surface area contributed by atoms with Crippen LogP contribution in [0.3, 0.4) is 0 Å². The second kappa shape index (κ2) is 9.53. The third kappa shape index (κ3) is 4.49. The summed E-state index contributed by atoms with van der Waals surface area (Å²) >= 11 is 0. The van der Waals surface area contributed by atoms with Gasteiger partial charge in [0.25, 0.3) is 5.91 Å². The summed E-state index contributed by atoms with van der Waals surface area (Å²) in [5, 5.41) is 0. The number of nitrogens with two attached hydrogens (primary N) is 1. The Morgan fingerprint density at radius 2 is 1.66 bits per heavy atom. The fourth-order valence-electron chi connectivity index (χ4n) is 5.81. The lowest BCUT2D eigenvalue weighted by atomic mass is 9.84. The summed E-state index contributed by atoms with van der Waals surface area (Å²) in [5.41, 5.74) is 9.01. The molecule has 0 spiro atoms. The van der Waals surface area contributed by atoms with Gasteiger partial charge in [0.2, 0.25) is 5.91 Å². The van der Waals surface area contributed by atoms with Crippen molar-refractivity contribution in [2.45, 2.75) is 51.6 Å². The monoisotopic (exact) mass is 476 g/mol. The van der Waals surface area contributed by atoms with Gasteiger partial charge in [-0.2, -0.15) is 0 Å². The maximum absolute atomic E-state index is 14.9.